The van der Waals surface area contributed by atoms with Crippen LogP contribution in [-0.4, -0.2) is 39.6 Å². The Balaban J connectivity index is 1.60. The summed E-state index contributed by atoms with van der Waals surface area (Å²) in [7, 11) is 0. The quantitative estimate of drug-likeness (QED) is 0.658. The average Bonchev–Trinajstić information content (AvgIpc) is 3.29. The molecule has 1 aromatic carbocycles. The first-order valence-electron chi connectivity index (χ1n) is 8.43. The number of hydrogen-bond donors (Lipinski definition) is 3. The highest BCUT2D eigenvalue weighted by Gasteiger charge is 2.14. The SMILES string of the molecule is NC(=O)c1ccc(-c2cnc3ccc(NC[C@@H]4CCCN4)nn23)cc1. The Kier molecular flexibility index (Phi) is 4.07. The lowest BCUT2D eigenvalue weighted by Gasteiger charge is -2.12. The highest BCUT2D eigenvalue weighted by molar-refractivity contribution is 5.93. The smallest absolute Gasteiger partial charge is 0.248 e. The van der Waals surface area contributed by atoms with E-state index in [1.165, 1.54) is 12.8 Å². The number of aromatic nitrogens is 3. The predicted octanol–water partition coefficient (Wildman–Crippen LogP) is 1.66. The van der Waals surface area contributed by atoms with Crippen molar-refractivity contribution < 1.29 is 4.79 Å². The third kappa shape index (κ3) is 3.18. The number of hydrogen-bond acceptors (Lipinski definition) is 5. The minimum Gasteiger partial charge on any atom is -0.367 e. The summed E-state index contributed by atoms with van der Waals surface area (Å²) in [5.41, 5.74) is 8.35. The average molecular weight is 336 g/mol. The number of fused-ring (bicyclic) bond motifs is 1. The van der Waals surface area contributed by atoms with Crippen LogP contribution in [-0.2, 0) is 0 Å². The van der Waals surface area contributed by atoms with E-state index in [0.717, 1.165) is 35.8 Å². The van der Waals surface area contributed by atoms with E-state index >= 15 is 0 Å². The van der Waals surface area contributed by atoms with E-state index in [2.05, 4.69) is 20.7 Å². The van der Waals surface area contributed by atoms with Crippen molar-refractivity contribution >= 4 is 17.4 Å². The molecule has 4 rings (SSSR count). The van der Waals surface area contributed by atoms with Gasteiger partial charge in [0, 0.05) is 23.7 Å². The molecule has 1 amide bonds. The van der Waals surface area contributed by atoms with E-state index in [4.69, 9.17) is 5.73 Å². The molecule has 4 N–H and O–H groups in total. The van der Waals surface area contributed by atoms with Gasteiger partial charge in [0.2, 0.25) is 5.91 Å². The van der Waals surface area contributed by atoms with Crippen molar-refractivity contribution in [2.75, 3.05) is 18.4 Å². The van der Waals surface area contributed by atoms with Crippen molar-refractivity contribution in [3.8, 4) is 11.3 Å². The number of benzene rings is 1. The Hall–Kier alpha value is -2.93. The van der Waals surface area contributed by atoms with Gasteiger partial charge >= 0.3 is 0 Å². The largest absolute Gasteiger partial charge is 0.367 e. The van der Waals surface area contributed by atoms with Crippen LogP contribution in [0.2, 0.25) is 0 Å². The molecule has 1 aliphatic heterocycles. The van der Waals surface area contributed by atoms with Crippen LogP contribution in [0.4, 0.5) is 5.82 Å². The Morgan fingerprint density at radius 2 is 2.12 bits per heavy atom. The number of amides is 1. The third-order valence-corrected chi connectivity index (χ3v) is 4.52. The molecular formula is C18H20N6O. The summed E-state index contributed by atoms with van der Waals surface area (Å²) < 4.78 is 1.81. The summed E-state index contributed by atoms with van der Waals surface area (Å²) in [5, 5.41) is 11.5. The zero-order chi connectivity index (χ0) is 17.2. The molecule has 0 unspecified atom stereocenters. The van der Waals surface area contributed by atoms with Gasteiger partial charge in [0.05, 0.1) is 11.9 Å². The first kappa shape index (κ1) is 15.6. The maximum atomic E-state index is 11.2. The predicted molar refractivity (Wildman–Crippen MR) is 96.5 cm³/mol. The molecular weight excluding hydrogens is 316 g/mol. The van der Waals surface area contributed by atoms with Crippen LogP contribution in [0.25, 0.3) is 16.9 Å². The van der Waals surface area contributed by atoms with Gasteiger partial charge in [-0.2, -0.15) is 0 Å². The fourth-order valence-electron chi connectivity index (χ4n) is 3.13. The normalized spacial score (nSPS) is 17.0. The molecule has 0 spiro atoms. The number of imidazole rings is 1. The molecule has 128 valence electrons. The lowest BCUT2D eigenvalue weighted by Crippen LogP contribution is -2.29. The van der Waals surface area contributed by atoms with E-state index in [1.807, 2.05) is 28.8 Å². The highest BCUT2D eigenvalue weighted by atomic mass is 16.1. The summed E-state index contributed by atoms with van der Waals surface area (Å²) in [6.45, 7) is 1.95. The molecule has 1 atom stereocenters. The second-order valence-electron chi connectivity index (χ2n) is 6.25. The lowest BCUT2D eigenvalue weighted by molar-refractivity contribution is 0.100. The Labute approximate surface area is 145 Å². The summed E-state index contributed by atoms with van der Waals surface area (Å²) in [6, 6.07) is 11.5. The standard InChI is InChI=1S/C18H20N6O/c19-18(25)13-5-3-12(4-6-13)15-11-22-17-8-7-16(23-24(15)17)21-10-14-2-1-9-20-14/h3-8,11,14,20H,1-2,9-10H2,(H2,19,25)(H,21,23)/t14-/m0/s1. The first-order chi connectivity index (χ1) is 12.2. The monoisotopic (exact) mass is 336 g/mol. The molecule has 1 saturated heterocycles. The number of anilines is 1. The zero-order valence-corrected chi connectivity index (χ0v) is 13.8. The number of nitrogens with two attached hydrogens (primary N) is 1. The molecule has 0 bridgehead atoms. The van der Waals surface area contributed by atoms with E-state index in [9.17, 15) is 4.79 Å². The van der Waals surface area contributed by atoms with Gasteiger partial charge < -0.3 is 16.4 Å². The Morgan fingerprint density at radius 3 is 2.84 bits per heavy atom. The molecule has 0 radical (unpaired) electrons. The number of rotatable bonds is 5. The van der Waals surface area contributed by atoms with Gasteiger partial charge in [-0.1, -0.05) is 12.1 Å². The number of nitrogens with zero attached hydrogens (tertiary/aromatic N) is 3. The molecule has 3 heterocycles. The first-order valence-corrected chi connectivity index (χ1v) is 8.43. The molecule has 25 heavy (non-hydrogen) atoms. The second kappa shape index (κ2) is 6.52. The minimum atomic E-state index is -0.435. The van der Waals surface area contributed by atoms with Gasteiger partial charge in [-0.05, 0) is 43.7 Å². The van der Waals surface area contributed by atoms with Crippen LogP contribution in [0.1, 0.15) is 23.2 Å². The van der Waals surface area contributed by atoms with Crippen LogP contribution in [0, 0.1) is 0 Å². The Bertz CT molecular complexity index is 896. The number of primary amides is 1. The van der Waals surface area contributed by atoms with Crippen LogP contribution in [0.3, 0.4) is 0 Å². The Morgan fingerprint density at radius 1 is 1.28 bits per heavy atom. The molecule has 3 aromatic rings. The second-order valence-corrected chi connectivity index (χ2v) is 6.25. The van der Waals surface area contributed by atoms with E-state index in [0.29, 0.717) is 11.6 Å². The summed E-state index contributed by atoms with van der Waals surface area (Å²) in [5.74, 6) is 0.379. The molecule has 7 nitrogen and oxygen atoms in total. The molecule has 1 fully saturated rings. The summed E-state index contributed by atoms with van der Waals surface area (Å²) >= 11 is 0. The van der Waals surface area contributed by atoms with Gasteiger partial charge in [-0.3, -0.25) is 4.79 Å². The van der Waals surface area contributed by atoms with Crippen molar-refractivity contribution in [3.05, 3.63) is 48.2 Å². The highest BCUT2D eigenvalue weighted by Crippen LogP contribution is 2.21. The van der Waals surface area contributed by atoms with Gasteiger partial charge in [0.1, 0.15) is 5.82 Å². The van der Waals surface area contributed by atoms with Crippen LogP contribution in [0.15, 0.2) is 42.6 Å². The van der Waals surface area contributed by atoms with Crippen molar-refractivity contribution in [2.24, 2.45) is 5.73 Å². The van der Waals surface area contributed by atoms with Gasteiger partial charge in [0.15, 0.2) is 5.65 Å². The summed E-state index contributed by atoms with van der Waals surface area (Å²) in [6.07, 6.45) is 4.20. The maximum Gasteiger partial charge on any atom is 0.248 e. The topological polar surface area (TPSA) is 97.3 Å². The van der Waals surface area contributed by atoms with Gasteiger partial charge in [-0.15, -0.1) is 5.10 Å². The van der Waals surface area contributed by atoms with Gasteiger partial charge in [0.25, 0.3) is 0 Å². The fraction of sp³-hybridized carbons (Fsp3) is 0.278. The van der Waals surface area contributed by atoms with Crippen molar-refractivity contribution in [1.82, 2.24) is 19.9 Å². The number of nitrogens with one attached hydrogen (secondary N) is 2. The molecule has 0 saturated carbocycles. The summed E-state index contributed by atoms with van der Waals surface area (Å²) in [4.78, 5) is 15.6. The zero-order valence-electron chi connectivity index (χ0n) is 13.8. The number of carbonyl (C=O) groups excluding carboxylic acids is 1. The van der Waals surface area contributed by atoms with E-state index < -0.39 is 5.91 Å². The van der Waals surface area contributed by atoms with Gasteiger partial charge in [-0.25, -0.2) is 9.50 Å². The fourth-order valence-corrected chi connectivity index (χ4v) is 3.13. The van der Waals surface area contributed by atoms with Crippen LogP contribution in [0.5, 0.6) is 0 Å². The maximum absolute atomic E-state index is 11.2. The molecule has 1 aliphatic rings. The van der Waals surface area contributed by atoms with Crippen molar-refractivity contribution in [2.45, 2.75) is 18.9 Å². The van der Waals surface area contributed by atoms with Crippen molar-refractivity contribution in [1.29, 1.82) is 0 Å². The van der Waals surface area contributed by atoms with Crippen LogP contribution < -0.4 is 16.4 Å². The molecule has 7 heteroatoms. The lowest BCUT2D eigenvalue weighted by atomic mass is 10.1. The third-order valence-electron chi connectivity index (χ3n) is 4.52. The molecule has 2 aromatic heterocycles. The van der Waals surface area contributed by atoms with Crippen LogP contribution >= 0.6 is 0 Å². The molecule has 0 aliphatic carbocycles. The van der Waals surface area contributed by atoms with Crippen molar-refractivity contribution in [3.63, 3.8) is 0 Å². The minimum absolute atomic E-state index is 0.435. The van der Waals surface area contributed by atoms with E-state index in [1.54, 1.807) is 18.3 Å². The van der Waals surface area contributed by atoms with E-state index in [-0.39, 0.29) is 0 Å². The number of carbonyl (C=O) groups is 1.